The number of rotatable bonds is 0. The van der Waals surface area contributed by atoms with Gasteiger partial charge in [-0.25, -0.2) is 4.79 Å². The summed E-state index contributed by atoms with van der Waals surface area (Å²) in [6, 6.07) is 0. The molecule has 0 bridgehead atoms. The molecule has 0 aromatic carbocycles. The van der Waals surface area contributed by atoms with E-state index in [1.165, 1.54) is 64.2 Å². The molecule has 2 heteroatoms. The van der Waals surface area contributed by atoms with Crippen molar-refractivity contribution in [3.8, 4) is 0 Å². The fourth-order valence-corrected chi connectivity index (χ4v) is 3.47. The molecule has 0 radical (unpaired) electrons. The molecule has 1 aliphatic heterocycles. The number of fused-ring (bicyclic) bond motifs is 1. The first-order chi connectivity index (χ1) is 10.3. The number of ether oxygens (including phenoxy) is 1. The van der Waals surface area contributed by atoms with E-state index < -0.39 is 0 Å². The standard InChI is InChI=1S/C19H30O2/c1-16-17-14-12-10-8-6-4-2-3-5-7-9-11-13-15-18(17)21-19(16)20/h2,4,17-18H,1,3,5-15H2/b4-2+/t17-,18+/m0/s1. The fraction of sp³-hybridized carbons (Fsp3) is 0.737. The predicted octanol–water partition coefficient (Wildman–Crippen LogP) is 5.34. The van der Waals surface area contributed by atoms with Gasteiger partial charge >= 0.3 is 5.97 Å². The number of carbonyl (C=O) groups is 1. The zero-order chi connectivity index (χ0) is 14.9. The van der Waals surface area contributed by atoms with Crippen LogP contribution >= 0.6 is 0 Å². The van der Waals surface area contributed by atoms with E-state index in [0.717, 1.165) is 18.4 Å². The maximum atomic E-state index is 11.7. The molecule has 2 rings (SSSR count). The molecule has 0 saturated carbocycles. The third-order valence-corrected chi connectivity index (χ3v) is 4.83. The molecule has 1 fully saturated rings. The van der Waals surface area contributed by atoms with E-state index in [1.54, 1.807) is 0 Å². The van der Waals surface area contributed by atoms with Gasteiger partial charge in [0.2, 0.25) is 0 Å². The highest BCUT2D eigenvalue weighted by molar-refractivity contribution is 5.90. The molecule has 0 spiro atoms. The molecule has 1 aliphatic carbocycles. The van der Waals surface area contributed by atoms with E-state index in [2.05, 4.69) is 18.7 Å². The highest BCUT2D eigenvalue weighted by atomic mass is 16.6. The Bertz CT molecular complexity index is 370. The van der Waals surface area contributed by atoms with Crippen LogP contribution in [0.1, 0.15) is 77.0 Å². The van der Waals surface area contributed by atoms with Gasteiger partial charge in [0.05, 0.1) is 0 Å². The van der Waals surface area contributed by atoms with Crippen LogP contribution in [-0.4, -0.2) is 12.1 Å². The second kappa shape index (κ2) is 9.07. The Morgan fingerprint density at radius 3 is 2.19 bits per heavy atom. The molecule has 2 nitrogen and oxygen atoms in total. The van der Waals surface area contributed by atoms with Crippen LogP contribution in [0, 0.1) is 5.92 Å². The van der Waals surface area contributed by atoms with Crippen LogP contribution < -0.4 is 0 Å². The van der Waals surface area contributed by atoms with Gasteiger partial charge in [0, 0.05) is 11.5 Å². The molecule has 118 valence electrons. The van der Waals surface area contributed by atoms with Gasteiger partial charge in [-0.2, -0.15) is 0 Å². The molecule has 0 aromatic rings. The van der Waals surface area contributed by atoms with Crippen LogP contribution in [0.2, 0.25) is 0 Å². The monoisotopic (exact) mass is 290 g/mol. The Kier molecular flexibility index (Phi) is 7.05. The normalized spacial score (nSPS) is 31.4. The lowest BCUT2D eigenvalue weighted by molar-refractivity contribution is -0.139. The van der Waals surface area contributed by atoms with Gasteiger partial charge in [0.15, 0.2) is 0 Å². The summed E-state index contributed by atoms with van der Waals surface area (Å²) >= 11 is 0. The van der Waals surface area contributed by atoms with Crippen molar-refractivity contribution >= 4 is 5.97 Å². The summed E-state index contributed by atoms with van der Waals surface area (Å²) in [7, 11) is 0. The molecule has 2 aliphatic rings. The smallest absolute Gasteiger partial charge is 0.334 e. The lowest BCUT2D eigenvalue weighted by Crippen LogP contribution is -2.16. The Morgan fingerprint density at radius 2 is 1.43 bits per heavy atom. The minimum atomic E-state index is -0.147. The lowest BCUT2D eigenvalue weighted by atomic mass is 9.88. The van der Waals surface area contributed by atoms with Crippen LogP contribution in [0.15, 0.2) is 24.3 Å². The van der Waals surface area contributed by atoms with Crippen LogP contribution in [-0.2, 0) is 9.53 Å². The number of carbonyl (C=O) groups excluding carboxylic acids is 1. The Labute approximate surface area is 129 Å². The predicted molar refractivity (Wildman–Crippen MR) is 87.1 cm³/mol. The minimum absolute atomic E-state index is 0.109. The van der Waals surface area contributed by atoms with Crippen molar-refractivity contribution in [3.63, 3.8) is 0 Å². The second-order valence-corrected chi connectivity index (χ2v) is 6.53. The Balaban J connectivity index is 1.85. The first kappa shape index (κ1) is 16.3. The number of allylic oxidation sites excluding steroid dienone is 2. The van der Waals surface area contributed by atoms with E-state index in [-0.39, 0.29) is 18.0 Å². The quantitative estimate of drug-likeness (QED) is 0.342. The van der Waals surface area contributed by atoms with Crippen molar-refractivity contribution in [2.24, 2.45) is 5.92 Å². The zero-order valence-electron chi connectivity index (χ0n) is 13.3. The summed E-state index contributed by atoms with van der Waals surface area (Å²) in [6.45, 7) is 3.96. The molecule has 2 atom stereocenters. The molecular formula is C19H30O2. The zero-order valence-corrected chi connectivity index (χ0v) is 13.3. The van der Waals surface area contributed by atoms with Gasteiger partial charge in [0.1, 0.15) is 6.10 Å². The van der Waals surface area contributed by atoms with Crippen molar-refractivity contribution in [2.45, 2.75) is 83.2 Å². The van der Waals surface area contributed by atoms with Gasteiger partial charge in [-0.1, -0.05) is 50.8 Å². The maximum Gasteiger partial charge on any atom is 0.334 e. The van der Waals surface area contributed by atoms with Crippen molar-refractivity contribution in [1.29, 1.82) is 0 Å². The highest BCUT2D eigenvalue weighted by Gasteiger charge is 2.37. The summed E-state index contributed by atoms with van der Waals surface area (Å²) in [6.07, 6.45) is 19.4. The molecule has 1 heterocycles. The van der Waals surface area contributed by atoms with Crippen molar-refractivity contribution in [2.75, 3.05) is 0 Å². The van der Waals surface area contributed by atoms with Gasteiger partial charge in [-0.3, -0.25) is 0 Å². The largest absolute Gasteiger partial charge is 0.458 e. The molecule has 0 unspecified atom stereocenters. The Hall–Kier alpha value is -1.05. The van der Waals surface area contributed by atoms with E-state index in [4.69, 9.17) is 4.74 Å². The van der Waals surface area contributed by atoms with Gasteiger partial charge in [-0.15, -0.1) is 0 Å². The van der Waals surface area contributed by atoms with E-state index in [9.17, 15) is 4.79 Å². The molecule has 21 heavy (non-hydrogen) atoms. The molecular weight excluding hydrogens is 260 g/mol. The summed E-state index contributed by atoms with van der Waals surface area (Å²) in [5, 5.41) is 0. The maximum absolute atomic E-state index is 11.7. The van der Waals surface area contributed by atoms with E-state index in [0.29, 0.717) is 0 Å². The van der Waals surface area contributed by atoms with Crippen LogP contribution in [0.5, 0.6) is 0 Å². The van der Waals surface area contributed by atoms with Crippen molar-refractivity contribution in [1.82, 2.24) is 0 Å². The van der Waals surface area contributed by atoms with Crippen LogP contribution in [0.4, 0.5) is 0 Å². The van der Waals surface area contributed by atoms with Crippen LogP contribution in [0.25, 0.3) is 0 Å². The van der Waals surface area contributed by atoms with Crippen molar-refractivity contribution < 1.29 is 9.53 Å². The van der Waals surface area contributed by atoms with E-state index >= 15 is 0 Å². The highest BCUT2D eigenvalue weighted by Crippen LogP contribution is 2.34. The topological polar surface area (TPSA) is 26.3 Å². The second-order valence-electron chi connectivity index (χ2n) is 6.53. The molecule has 0 amide bonds. The molecule has 1 saturated heterocycles. The summed E-state index contributed by atoms with van der Waals surface area (Å²) in [5.74, 6) is 0.131. The average Bonchev–Trinajstić information content (AvgIpc) is 2.73. The first-order valence-electron chi connectivity index (χ1n) is 8.84. The van der Waals surface area contributed by atoms with Crippen molar-refractivity contribution in [3.05, 3.63) is 24.3 Å². The number of esters is 1. The average molecular weight is 290 g/mol. The van der Waals surface area contributed by atoms with E-state index in [1.807, 2.05) is 0 Å². The lowest BCUT2D eigenvalue weighted by Gasteiger charge is -2.17. The SMILES string of the molecule is C=C1C(=O)O[C@@H]2CCCCCCC/C=C/CCCCC[C@@H]12. The third-order valence-electron chi connectivity index (χ3n) is 4.83. The Morgan fingerprint density at radius 1 is 0.857 bits per heavy atom. The summed E-state index contributed by atoms with van der Waals surface area (Å²) < 4.78 is 5.53. The minimum Gasteiger partial charge on any atom is -0.458 e. The molecule has 0 N–H and O–H groups in total. The first-order valence-corrected chi connectivity index (χ1v) is 8.84. The fourth-order valence-electron chi connectivity index (χ4n) is 3.47. The van der Waals surface area contributed by atoms with Crippen LogP contribution in [0.3, 0.4) is 0 Å². The number of hydrogen-bond donors (Lipinski definition) is 0. The molecule has 0 aromatic heterocycles. The summed E-state index contributed by atoms with van der Waals surface area (Å²) in [4.78, 5) is 11.7. The number of hydrogen-bond acceptors (Lipinski definition) is 2. The van der Waals surface area contributed by atoms with Gasteiger partial charge in [0.25, 0.3) is 0 Å². The summed E-state index contributed by atoms with van der Waals surface area (Å²) in [5.41, 5.74) is 0.723. The van der Waals surface area contributed by atoms with Gasteiger partial charge < -0.3 is 4.74 Å². The van der Waals surface area contributed by atoms with Gasteiger partial charge in [-0.05, 0) is 44.9 Å². The third kappa shape index (κ3) is 5.33.